The number of nitrogens with zero attached hydrogens (tertiary/aromatic N) is 4. The van der Waals surface area contributed by atoms with Gasteiger partial charge in [0.05, 0.1) is 45.9 Å². The van der Waals surface area contributed by atoms with Gasteiger partial charge in [-0.1, -0.05) is 66.7 Å². The first-order valence-electron chi connectivity index (χ1n) is 13.9. The van der Waals surface area contributed by atoms with E-state index in [2.05, 4.69) is 83.4 Å². The Morgan fingerprint density at radius 3 is 1.40 bits per heavy atom. The van der Waals surface area contributed by atoms with Gasteiger partial charge >= 0.3 is 0 Å². The Balaban J connectivity index is 1.39. The van der Waals surface area contributed by atoms with Crippen molar-refractivity contribution in [3.05, 3.63) is 150 Å². The molecule has 0 aliphatic rings. The molecule has 6 aromatic carbocycles. The predicted octanol–water partition coefficient (Wildman–Crippen LogP) is 9.40. The molecular weight excluding hydrogens is 524 g/mol. The standard InChI is InChI=1S/C39H22N4/c40-23-26-12-14-38-36(18-26)37-19-27(24-41)13-15-39(37)43(38)35-17-28(25-42)16-34(22-35)33-11-5-10-32(21-33)31-9-4-8-30(20-31)29-6-2-1-3-7-29/h1-22H. The maximum atomic E-state index is 10.0. The van der Waals surface area contributed by atoms with E-state index in [1.807, 2.05) is 60.7 Å². The molecule has 7 rings (SSSR count). The highest BCUT2D eigenvalue weighted by molar-refractivity contribution is 6.10. The second-order valence-electron chi connectivity index (χ2n) is 10.4. The van der Waals surface area contributed by atoms with E-state index >= 15 is 0 Å². The average molecular weight is 547 g/mol. The van der Waals surface area contributed by atoms with Crippen LogP contribution in [0.15, 0.2) is 133 Å². The number of rotatable bonds is 4. The molecule has 198 valence electrons. The minimum atomic E-state index is 0.543. The topological polar surface area (TPSA) is 76.3 Å². The van der Waals surface area contributed by atoms with Crippen LogP contribution in [-0.2, 0) is 0 Å². The summed E-state index contributed by atoms with van der Waals surface area (Å²) in [5, 5.41) is 30.9. The lowest BCUT2D eigenvalue weighted by Gasteiger charge is -2.13. The summed E-state index contributed by atoms with van der Waals surface area (Å²) < 4.78 is 2.10. The van der Waals surface area contributed by atoms with Gasteiger partial charge in [-0.3, -0.25) is 0 Å². The fourth-order valence-electron chi connectivity index (χ4n) is 5.80. The van der Waals surface area contributed by atoms with Crippen LogP contribution in [0.3, 0.4) is 0 Å². The Morgan fingerprint density at radius 1 is 0.372 bits per heavy atom. The van der Waals surface area contributed by atoms with Gasteiger partial charge in [0.2, 0.25) is 0 Å². The SMILES string of the molecule is N#Cc1cc(-c2cccc(-c3cccc(-c4ccccc4)c3)c2)cc(-n2c3ccc(C#N)cc3c3cc(C#N)ccc32)c1. The summed E-state index contributed by atoms with van der Waals surface area (Å²) >= 11 is 0. The molecular formula is C39H22N4. The van der Waals surface area contributed by atoms with Crippen LogP contribution in [0.2, 0.25) is 0 Å². The maximum absolute atomic E-state index is 10.0. The van der Waals surface area contributed by atoms with Crippen LogP contribution in [0.4, 0.5) is 0 Å². The van der Waals surface area contributed by atoms with Gasteiger partial charge in [0.1, 0.15) is 0 Å². The van der Waals surface area contributed by atoms with Crippen molar-refractivity contribution < 1.29 is 0 Å². The van der Waals surface area contributed by atoms with Crippen molar-refractivity contribution in [2.75, 3.05) is 0 Å². The monoisotopic (exact) mass is 546 g/mol. The van der Waals surface area contributed by atoms with Gasteiger partial charge in [-0.15, -0.1) is 0 Å². The summed E-state index contributed by atoms with van der Waals surface area (Å²) in [6.07, 6.45) is 0. The van der Waals surface area contributed by atoms with Crippen molar-refractivity contribution >= 4 is 21.8 Å². The van der Waals surface area contributed by atoms with E-state index in [9.17, 15) is 15.8 Å². The number of hydrogen-bond acceptors (Lipinski definition) is 3. The Kier molecular flexibility index (Phi) is 6.26. The lowest BCUT2D eigenvalue weighted by atomic mass is 9.95. The molecule has 0 atom stereocenters. The Hall–Kier alpha value is -6.41. The van der Waals surface area contributed by atoms with Crippen LogP contribution < -0.4 is 0 Å². The van der Waals surface area contributed by atoms with Gasteiger partial charge in [0.15, 0.2) is 0 Å². The van der Waals surface area contributed by atoms with Crippen molar-refractivity contribution in [2.24, 2.45) is 0 Å². The fourth-order valence-corrected chi connectivity index (χ4v) is 5.80. The quantitative estimate of drug-likeness (QED) is 0.221. The molecule has 0 bridgehead atoms. The largest absolute Gasteiger partial charge is 0.309 e. The second kappa shape index (κ2) is 10.5. The summed E-state index contributed by atoms with van der Waals surface area (Å²) in [5.74, 6) is 0. The number of hydrogen-bond donors (Lipinski definition) is 0. The van der Waals surface area contributed by atoms with Crippen LogP contribution in [0.5, 0.6) is 0 Å². The number of nitriles is 3. The normalized spacial score (nSPS) is 10.7. The first-order valence-corrected chi connectivity index (χ1v) is 13.9. The molecule has 0 unspecified atom stereocenters. The molecule has 1 aromatic heterocycles. The Labute approximate surface area is 249 Å². The first-order chi connectivity index (χ1) is 21.1. The maximum Gasteiger partial charge on any atom is 0.0992 e. The third-order valence-corrected chi connectivity index (χ3v) is 7.83. The third kappa shape index (κ3) is 4.58. The fraction of sp³-hybridized carbons (Fsp3) is 0. The number of aromatic nitrogens is 1. The smallest absolute Gasteiger partial charge is 0.0992 e. The lowest BCUT2D eigenvalue weighted by Crippen LogP contribution is -1.96. The third-order valence-electron chi connectivity index (χ3n) is 7.83. The first kappa shape index (κ1) is 25.6. The van der Waals surface area contributed by atoms with Gasteiger partial charge in [-0.25, -0.2) is 0 Å². The average Bonchev–Trinajstić information content (AvgIpc) is 3.41. The van der Waals surface area contributed by atoms with E-state index in [-0.39, 0.29) is 0 Å². The van der Waals surface area contributed by atoms with Crippen LogP contribution in [0, 0.1) is 34.0 Å². The van der Waals surface area contributed by atoms with Gasteiger partial charge in [0, 0.05) is 16.5 Å². The molecule has 0 saturated heterocycles. The molecule has 4 nitrogen and oxygen atoms in total. The van der Waals surface area contributed by atoms with E-state index in [0.29, 0.717) is 16.7 Å². The molecule has 4 heteroatoms. The summed E-state index contributed by atoms with van der Waals surface area (Å²) in [5.41, 5.74) is 10.7. The van der Waals surface area contributed by atoms with E-state index in [0.717, 1.165) is 55.3 Å². The van der Waals surface area contributed by atoms with Crippen molar-refractivity contribution in [2.45, 2.75) is 0 Å². The molecule has 0 spiro atoms. The summed E-state index contributed by atoms with van der Waals surface area (Å²) in [6.45, 7) is 0. The van der Waals surface area contributed by atoms with Gasteiger partial charge in [-0.2, -0.15) is 15.8 Å². The minimum absolute atomic E-state index is 0.543. The highest BCUT2D eigenvalue weighted by Crippen LogP contribution is 2.36. The van der Waals surface area contributed by atoms with E-state index < -0.39 is 0 Å². The summed E-state index contributed by atoms with van der Waals surface area (Å²) in [6, 6.07) is 51.1. The molecule has 0 aliphatic heterocycles. The Morgan fingerprint density at radius 2 is 0.860 bits per heavy atom. The zero-order valence-electron chi connectivity index (χ0n) is 23.0. The molecule has 0 saturated carbocycles. The highest BCUT2D eigenvalue weighted by Gasteiger charge is 2.16. The van der Waals surface area contributed by atoms with Crippen LogP contribution in [0.25, 0.3) is 60.9 Å². The van der Waals surface area contributed by atoms with Crippen molar-refractivity contribution in [3.8, 4) is 57.3 Å². The van der Waals surface area contributed by atoms with Crippen molar-refractivity contribution in [1.82, 2.24) is 4.57 Å². The van der Waals surface area contributed by atoms with Crippen LogP contribution in [0.1, 0.15) is 16.7 Å². The highest BCUT2D eigenvalue weighted by atomic mass is 15.0. The zero-order valence-corrected chi connectivity index (χ0v) is 23.0. The van der Waals surface area contributed by atoms with Crippen molar-refractivity contribution in [1.29, 1.82) is 15.8 Å². The molecule has 0 fully saturated rings. The van der Waals surface area contributed by atoms with Crippen molar-refractivity contribution in [3.63, 3.8) is 0 Å². The van der Waals surface area contributed by atoms with Crippen LogP contribution in [-0.4, -0.2) is 4.57 Å². The zero-order chi connectivity index (χ0) is 29.3. The van der Waals surface area contributed by atoms with Gasteiger partial charge < -0.3 is 4.57 Å². The second-order valence-corrected chi connectivity index (χ2v) is 10.4. The van der Waals surface area contributed by atoms with Gasteiger partial charge in [0.25, 0.3) is 0 Å². The van der Waals surface area contributed by atoms with E-state index in [1.165, 1.54) is 5.56 Å². The van der Waals surface area contributed by atoms with E-state index in [4.69, 9.17) is 0 Å². The minimum Gasteiger partial charge on any atom is -0.309 e. The summed E-state index contributed by atoms with van der Waals surface area (Å²) in [4.78, 5) is 0. The van der Waals surface area contributed by atoms with Gasteiger partial charge in [-0.05, 0) is 100 Å². The summed E-state index contributed by atoms with van der Waals surface area (Å²) in [7, 11) is 0. The van der Waals surface area contributed by atoms with Crippen LogP contribution >= 0.6 is 0 Å². The molecule has 0 N–H and O–H groups in total. The molecule has 43 heavy (non-hydrogen) atoms. The number of fused-ring (bicyclic) bond motifs is 3. The molecule has 1 heterocycles. The molecule has 0 radical (unpaired) electrons. The lowest BCUT2D eigenvalue weighted by molar-refractivity contribution is 1.18. The molecule has 7 aromatic rings. The molecule has 0 amide bonds. The predicted molar refractivity (Wildman–Crippen MR) is 171 cm³/mol. The Bertz CT molecular complexity index is 2250. The number of benzene rings is 6. The molecule has 0 aliphatic carbocycles. The van der Waals surface area contributed by atoms with E-state index in [1.54, 1.807) is 12.1 Å².